The molecule has 1 aliphatic heterocycles. The largest absolute Gasteiger partial charge is 0.382 e. The van der Waals surface area contributed by atoms with Crippen molar-refractivity contribution in [2.75, 3.05) is 5.32 Å². The van der Waals surface area contributed by atoms with E-state index in [4.69, 9.17) is 4.84 Å². The van der Waals surface area contributed by atoms with Gasteiger partial charge in [0.25, 0.3) is 5.91 Å². The maximum Gasteiger partial charge on any atom is 0.268 e. The number of anilines is 1. The molecule has 0 saturated carbocycles. The monoisotopic (exact) mass is 324 g/mol. The highest BCUT2D eigenvalue weighted by Crippen LogP contribution is 2.23. The van der Waals surface area contributed by atoms with E-state index in [-0.39, 0.29) is 11.7 Å². The van der Waals surface area contributed by atoms with Crippen molar-refractivity contribution in [3.8, 4) is 0 Å². The molecule has 1 aromatic heterocycles. The van der Waals surface area contributed by atoms with Crippen molar-refractivity contribution in [1.29, 1.82) is 0 Å². The van der Waals surface area contributed by atoms with Gasteiger partial charge in [-0.15, -0.1) is 0 Å². The van der Waals surface area contributed by atoms with Gasteiger partial charge in [0.15, 0.2) is 0 Å². The molecule has 3 aromatic rings. The molecule has 0 bridgehead atoms. The third kappa shape index (κ3) is 2.60. The molecule has 6 nitrogen and oxygen atoms in total. The smallest absolute Gasteiger partial charge is 0.268 e. The molecule has 120 valence electrons. The van der Waals surface area contributed by atoms with Crippen LogP contribution in [0.25, 0.3) is 10.9 Å². The van der Waals surface area contributed by atoms with Crippen molar-refractivity contribution < 1.29 is 14.0 Å². The highest BCUT2D eigenvalue weighted by atomic mass is 19.1. The summed E-state index contributed by atoms with van der Waals surface area (Å²) in [6.07, 6.45) is 1.30. The Hall–Kier alpha value is -3.22. The molecule has 2 aromatic carbocycles. The Balaban J connectivity index is 1.47. The van der Waals surface area contributed by atoms with Gasteiger partial charge >= 0.3 is 0 Å². The van der Waals surface area contributed by atoms with E-state index in [0.29, 0.717) is 17.8 Å². The summed E-state index contributed by atoms with van der Waals surface area (Å²) in [7, 11) is 0. The molecule has 2 N–H and O–H groups in total. The van der Waals surface area contributed by atoms with E-state index in [1.54, 1.807) is 24.4 Å². The summed E-state index contributed by atoms with van der Waals surface area (Å²) in [5, 5.41) is 14.5. The van der Waals surface area contributed by atoms with Gasteiger partial charge in [0.1, 0.15) is 5.82 Å². The predicted octanol–water partition coefficient (Wildman–Crippen LogP) is 2.83. The van der Waals surface area contributed by atoms with Crippen LogP contribution < -0.4 is 5.32 Å². The number of para-hydroxylation sites is 1. The molecule has 1 atom stereocenters. The molecular weight excluding hydrogens is 311 g/mol. The SMILES string of the molecule is O=C(Nc1cccc2cn[nH]c12)C1CC(c2ccc(F)cc2)=NO1. The number of carbonyl (C=O) groups excluding carboxylic acids is 1. The van der Waals surface area contributed by atoms with Gasteiger partial charge in [0, 0.05) is 11.8 Å². The lowest BCUT2D eigenvalue weighted by Crippen LogP contribution is -2.28. The molecule has 0 fully saturated rings. The zero-order chi connectivity index (χ0) is 16.5. The second kappa shape index (κ2) is 5.77. The van der Waals surface area contributed by atoms with Gasteiger partial charge < -0.3 is 10.2 Å². The fraction of sp³-hybridized carbons (Fsp3) is 0.118. The van der Waals surface area contributed by atoms with E-state index in [1.165, 1.54) is 12.1 Å². The van der Waals surface area contributed by atoms with Crippen molar-refractivity contribution in [1.82, 2.24) is 10.2 Å². The fourth-order valence-electron chi connectivity index (χ4n) is 2.62. The first-order chi connectivity index (χ1) is 11.7. The van der Waals surface area contributed by atoms with Crippen molar-refractivity contribution in [2.45, 2.75) is 12.5 Å². The summed E-state index contributed by atoms with van der Waals surface area (Å²) >= 11 is 0. The van der Waals surface area contributed by atoms with E-state index < -0.39 is 6.10 Å². The molecule has 1 unspecified atom stereocenters. The minimum absolute atomic E-state index is 0.294. The lowest BCUT2D eigenvalue weighted by molar-refractivity contribution is -0.125. The van der Waals surface area contributed by atoms with Crippen LogP contribution in [0.15, 0.2) is 53.8 Å². The Kier molecular flexibility index (Phi) is 3.45. The number of nitrogens with zero attached hydrogens (tertiary/aromatic N) is 2. The van der Waals surface area contributed by atoms with Gasteiger partial charge in [-0.2, -0.15) is 5.10 Å². The van der Waals surface area contributed by atoms with Crippen LogP contribution in [-0.4, -0.2) is 27.9 Å². The van der Waals surface area contributed by atoms with Crippen LogP contribution in [0.5, 0.6) is 0 Å². The molecule has 0 spiro atoms. The van der Waals surface area contributed by atoms with E-state index in [0.717, 1.165) is 16.5 Å². The summed E-state index contributed by atoms with van der Waals surface area (Å²) < 4.78 is 13.0. The topological polar surface area (TPSA) is 79.4 Å². The molecular formula is C17H13FN4O2. The Morgan fingerprint density at radius 1 is 1.25 bits per heavy atom. The lowest BCUT2D eigenvalue weighted by Gasteiger charge is -2.10. The summed E-state index contributed by atoms with van der Waals surface area (Å²) in [5.74, 6) is -0.613. The number of hydrogen-bond acceptors (Lipinski definition) is 4. The number of aromatic amines is 1. The van der Waals surface area contributed by atoms with Crippen LogP contribution in [-0.2, 0) is 9.63 Å². The van der Waals surface area contributed by atoms with Crippen LogP contribution in [0.2, 0.25) is 0 Å². The van der Waals surface area contributed by atoms with Crippen molar-refractivity contribution >= 4 is 28.2 Å². The molecule has 0 radical (unpaired) electrons. The average Bonchev–Trinajstić information content (AvgIpc) is 3.25. The van der Waals surface area contributed by atoms with Gasteiger partial charge in [-0.25, -0.2) is 4.39 Å². The van der Waals surface area contributed by atoms with Crippen molar-refractivity contribution in [3.05, 3.63) is 60.0 Å². The first-order valence-electron chi connectivity index (χ1n) is 7.42. The fourth-order valence-corrected chi connectivity index (χ4v) is 2.62. The number of rotatable bonds is 3. The number of halogens is 1. The maximum atomic E-state index is 13.0. The molecule has 4 rings (SSSR count). The first-order valence-corrected chi connectivity index (χ1v) is 7.42. The van der Waals surface area contributed by atoms with E-state index in [1.807, 2.05) is 12.1 Å². The number of aromatic nitrogens is 2. The molecule has 24 heavy (non-hydrogen) atoms. The zero-order valence-electron chi connectivity index (χ0n) is 12.5. The third-order valence-corrected chi connectivity index (χ3v) is 3.87. The number of benzene rings is 2. The van der Waals surface area contributed by atoms with Crippen molar-refractivity contribution in [3.63, 3.8) is 0 Å². The van der Waals surface area contributed by atoms with Crippen molar-refractivity contribution in [2.24, 2.45) is 5.16 Å². The lowest BCUT2D eigenvalue weighted by atomic mass is 10.0. The first kappa shape index (κ1) is 14.4. The van der Waals surface area contributed by atoms with Gasteiger partial charge in [-0.1, -0.05) is 29.4 Å². The molecule has 0 saturated heterocycles. The summed E-state index contributed by atoms with van der Waals surface area (Å²) in [5.41, 5.74) is 2.75. The third-order valence-electron chi connectivity index (χ3n) is 3.87. The van der Waals surface area contributed by atoms with Crippen LogP contribution in [0.3, 0.4) is 0 Å². The highest BCUT2D eigenvalue weighted by molar-refractivity contribution is 6.07. The standard InChI is InChI=1S/C17H13FN4O2/c18-12-6-4-10(5-7-12)14-8-15(24-22-14)17(23)20-13-3-1-2-11-9-19-21-16(11)13/h1-7,9,15H,8H2,(H,19,21)(H,20,23). The molecule has 1 aliphatic rings. The van der Waals surface area contributed by atoms with Crippen LogP contribution in [0.4, 0.5) is 10.1 Å². The van der Waals surface area contributed by atoms with Gasteiger partial charge in [0.2, 0.25) is 6.10 Å². The van der Waals surface area contributed by atoms with Crippen LogP contribution >= 0.6 is 0 Å². The highest BCUT2D eigenvalue weighted by Gasteiger charge is 2.29. The van der Waals surface area contributed by atoms with Crippen LogP contribution in [0, 0.1) is 5.82 Å². The molecule has 1 amide bonds. The van der Waals surface area contributed by atoms with Gasteiger partial charge in [-0.05, 0) is 23.8 Å². The average molecular weight is 324 g/mol. The normalized spacial score (nSPS) is 16.7. The Bertz CT molecular complexity index is 933. The summed E-state index contributed by atoms with van der Waals surface area (Å²) in [6, 6.07) is 11.5. The van der Waals surface area contributed by atoms with Gasteiger partial charge in [0.05, 0.1) is 23.1 Å². The number of amides is 1. The number of nitrogens with one attached hydrogen (secondary N) is 2. The Morgan fingerprint density at radius 3 is 2.92 bits per heavy atom. The van der Waals surface area contributed by atoms with E-state index in [2.05, 4.69) is 20.7 Å². The van der Waals surface area contributed by atoms with E-state index >= 15 is 0 Å². The zero-order valence-corrected chi connectivity index (χ0v) is 12.5. The predicted molar refractivity (Wildman–Crippen MR) is 87.2 cm³/mol. The summed E-state index contributed by atoms with van der Waals surface area (Å²) in [6.45, 7) is 0. The Morgan fingerprint density at radius 2 is 2.08 bits per heavy atom. The maximum absolute atomic E-state index is 13.0. The summed E-state index contributed by atoms with van der Waals surface area (Å²) in [4.78, 5) is 17.6. The van der Waals surface area contributed by atoms with E-state index in [9.17, 15) is 9.18 Å². The second-order valence-electron chi connectivity index (χ2n) is 5.47. The molecule has 7 heteroatoms. The molecule has 0 aliphatic carbocycles. The number of oxime groups is 1. The Labute approximate surface area is 136 Å². The van der Waals surface area contributed by atoms with Gasteiger partial charge in [-0.3, -0.25) is 9.89 Å². The second-order valence-corrected chi connectivity index (χ2v) is 5.47. The number of fused-ring (bicyclic) bond motifs is 1. The number of hydrogen-bond donors (Lipinski definition) is 2. The number of H-pyrrole nitrogens is 1. The van der Waals surface area contributed by atoms with Crippen LogP contribution in [0.1, 0.15) is 12.0 Å². The molecule has 2 heterocycles. The minimum atomic E-state index is -0.719. The number of carbonyl (C=O) groups is 1. The quantitative estimate of drug-likeness (QED) is 0.777. The minimum Gasteiger partial charge on any atom is -0.382 e.